The van der Waals surface area contributed by atoms with Gasteiger partial charge in [0, 0.05) is 65.5 Å². The molecule has 4 aromatic rings. The second-order valence-corrected chi connectivity index (χ2v) is 10.4. The first kappa shape index (κ1) is 26.8. The number of carbonyl (C=O) groups excluding carboxylic acids is 1. The first-order chi connectivity index (χ1) is 19.9. The van der Waals surface area contributed by atoms with Crippen LogP contribution in [0.4, 0.5) is 30.9 Å². The minimum absolute atomic E-state index is 0.122. The van der Waals surface area contributed by atoms with E-state index in [9.17, 15) is 13.6 Å². The highest BCUT2D eigenvalue weighted by atomic mass is 35.5. The highest BCUT2D eigenvalue weighted by Crippen LogP contribution is 2.34. The summed E-state index contributed by atoms with van der Waals surface area (Å²) in [6.45, 7) is 3.21. The van der Waals surface area contributed by atoms with E-state index >= 15 is 0 Å². The third-order valence-electron chi connectivity index (χ3n) is 7.15. The van der Waals surface area contributed by atoms with Crippen LogP contribution in [-0.4, -0.2) is 64.7 Å². The Hall–Kier alpha value is -4.41. The summed E-state index contributed by atoms with van der Waals surface area (Å²) < 4.78 is 29.6. The first-order valence-corrected chi connectivity index (χ1v) is 13.5. The molecular weight excluding hydrogens is 548 g/mol. The number of amides is 2. The molecule has 0 atom stereocenters. The average molecular weight is 574 g/mol. The van der Waals surface area contributed by atoms with Gasteiger partial charge >= 0.3 is 6.03 Å². The van der Waals surface area contributed by atoms with E-state index in [1.54, 1.807) is 41.4 Å². The maximum absolute atomic E-state index is 14.8. The molecule has 2 aliphatic heterocycles. The van der Waals surface area contributed by atoms with Gasteiger partial charge in [0.1, 0.15) is 11.6 Å². The first-order valence-electron chi connectivity index (χ1n) is 13.1. The number of piperazine rings is 1. The Morgan fingerprint density at radius 1 is 0.927 bits per heavy atom. The predicted octanol–water partition coefficient (Wildman–Crippen LogP) is 5.95. The lowest BCUT2D eigenvalue weighted by Crippen LogP contribution is -2.48. The van der Waals surface area contributed by atoms with Crippen molar-refractivity contribution in [1.29, 1.82) is 0 Å². The Morgan fingerprint density at radius 3 is 2.37 bits per heavy atom. The Morgan fingerprint density at radius 2 is 1.63 bits per heavy atom. The Balaban J connectivity index is 1.24. The van der Waals surface area contributed by atoms with E-state index in [2.05, 4.69) is 25.5 Å². The average Bonchev–Trinajstić information content (AvgIpc) is 3.11. The Kier molecular flexibility index (Phi) is 7.34. The molecule has 0 bridgehead atoms. The normalized spacial score (nSPS) is 14.9. The van der Waals surface area contributed by atoms with Crippen LogP contribution in [0.15, 0.2) is 71.9 Å². The van der Waals surface area contributed by atoms with E-state index in [0.717, 1.165) is 18.8 Å². The number of aliphatic imine (C=N–C) groups is 1. The van der Waals surface area contributed by atoms with Crippen LogP contribution in [0.5, 0.6) is 0 Å². The van der Waals surface area contributed by atoms with Crippen molar-refractivity contribution < 1.29 is 13.6 Å². The third-order valence-corrected chi connectivity index (χ3v) is 7.38. The monoisotopic (exact) mass is 573 g/mol. The van der Waals surface area contributed by atoms with E-state index < -0.39 is 11.6 Å². The third kappa shape index (κ3) is 5.61. The zero-order valence-electron chi connectivity index (χ0n) is 22.2. The molecule has 0 radical (unpaired) electrons. The smallest absolute Gasteiger partial charge is 0.321 e. The number of hydrogen-bond acceptors (Lipinski definition) is 6. The van der Waals surface area contributed by atoms with E-state index in [1.165, 1.54) is 18.2 Å². The summed E-state index contributed by atoms with van der Waals surface area (Å²) in [5, 5.41) is 6.54. The van der Waals surface area contributed by atoms with E-state index in [4.69, 9.17) is 16.6 Å². The van der Waals surface area contributed by atoms with Crippen molar-refractivity contribution in [2.45, 2.75) is 6.54 Å². The van der Waals surface area contributed by atoms with Crippen LogP contribution in [0.2, 0.25) is 5.02 Å². The maximum atomic E-state index is 14.8. The fraction of sp³-hybridized carbons (Fsp3) is 0.200. The predicted molar refractivity (Wildman–Crippen MR) is 156 cm³/mol. The van der Waals surface area contributed by atoms with Crippen molar-refractivity contribution in [3.8, 4) is 11.3 Å². The van der Waals surface area contributed by atoms with Crippen molar-refractivity contribution in [3.05, 3.63) is 100 Å². The SMILES string of the molecule is CN1CCN(C(=O)Nc2ccc(Nc3ncc4c(n3)-c3ccc(Cl)cc3C(c3c(F)cccc3F)=NC4)cc2)CC1. The number of carbonyl (C=O) groups is 1. The van der Waals surface area contributed by atoms with Crippen molar-refractivity contribution in [3.63, 3.8) is 0 Å². The summed E-state index contributed by atoms with van der Waals surface area (Å²) in [6.07, 6.45) is 1.65. The molecule has 41 heavy (non-hydrogen) atoms. The summed E-state index contributed by atoms with van der Waals surface area (Å²) in [4.78, 5) is 30.3. The maximum Gasteiger partial charge on any atom is 0.321 e. The van der Waals surface area contributed by atoms with Gasteiger partial charge in [-0.1, -0.05) is 23.7 Å². The van der Waals surface area contributed by atoms with Gasteiger partial charge in [0.05, 0.1) is 23.5 Å². The number of anilines is 3. The zero-order chi connectivity index (χ0) is 28.5. The van der Waals surface area contributed by atoms with Crippen LogP contribution >= 0.6 is 11.6 Å². The summed E-state index contributed by atoms with van der Waals surface area (Å²) in [7, 11) is 2.04. The minimum atomic E-state index is -0.711. The topological polar surface area (TPSA) is 85.8 Å². The van der Waals surface area contributed by atoms with Crippen LogP contribution in [0, 0.1) is 11.6 Å². The van der Waals surface area contributed by atoms with E-state index in [-0.39, 0.29) is 23.9 Å². The van der Waals surface area contributed by atoms with Crippen LogP contribution in [0.25, 0.3) is 11.3 Å². The van der Waals surface area contributed by atoms with Crippen LogP contribution in [0.1, 0.15) is 16.7 Å². The molecule has 0 spiro atoms. The van der Waals surface area contributed by atoms with Crippen LogP contribution < -0.4 is 10.6 Å². The lowest BCUT2D eigenvalue weighted by atomic mass is 9.95. The van der Waals surface area contributed by atoms with Gasteiger partial charge in [-0.25, -0.2) is 23.5 Å². The van der Waals surface area contributed by atoms with Crippen LogP contribution in [-0.2, 0) is 6.54 Å². The van der Waals surface area contributed by atoms with Crippen molar-refractivity contribution in [2.75, 3.05) is 43.9 Å². The van der Waals surface area contributed by atoms with Crippen molar-refractivity contribution >= 4 is 40.7 Å². The Labute approximate surface area is 240 Å². The number of benzene rings is 3. The number of nitrogens with one attached hydrogen (secondary N) is 2. The fourth-order valence-corrected chi connectivity index (χ4v) is 5.07. The number of fused-ring (bicyclic) bond motifs is 3. The number of urea groups is 1. The minimum Gasteiger partial charge on any atom is -0.324 e. The van der Waals surface area contributed by atoms with Gasteiger partial charge in [0.25, 0.3) is 0 Å². The number of hydrogen-bond donors (Lipinski definition) is 2. The molecule has 1 saturated heterocycles. The molecule has 0 unspecified atom stereocenters. The van der Waals surface area contributed by atoms with Gasteiger partial charge in [-0.15, -0.1) is 0 Å². The molecule has 2 aliphatic rings. The number of rotatable bonds is 4. The molecule has 2 N–H and O–H groups in total. The lowest BCUT2D eigenvalue weighted by molar-refractivity contribution is 0.164. The number of aromatic nitrogens is 2. The Bertz CT molecular complexity index is 1630. The second kappa shape index (κ2) is 11.2. The molecular formula is C30H26ClF2N7O. The van der Waals surface area contributed by atoms with Gasteiger partial charge in [-0.3, -0.25) is 4.99 Å². The lowest BCUT2D eigenvalue weighted by Gasteiger charge is -2.32. The number of likely N-dealkylation sites (N-methyl/N-ethyl adjacent to an activating group) is 1. The molecule has 0 aliphatic carbocycles. The molecule has 0 saturated carbocycles. The van der Waals surface area contributed by atoms with Gasteiger partial charge in [-0.05, 0) is 55.6 Å². The highest BCUT2D eigenvalue weighted by molar-refractivity contribution is 6.31. The van der Waals surface area contributed by atoms with Gasteiger partial charge in [0.15, 0.2) is 0 Å². The highest BCUT2D eigenvalue weighted by Gasteiger charge is 2.25. The largest absolute Gasteiger partial charge is 0.324 e. The molecule has 1 aromatic heterocycles. The van der Waals surface area contributed by atoms with Gasteiger partial charge < -0.3 is 20.4 Å². The molecule has 3 heterocycles. The van der Waals surface area contributed by atoms with Crippen molar-refractivity contribution in [1.82, 2.24) is 19.8 Å². The molecule has 3 aromatic carbocycles. The zero-order valence-corrected chi connectivity index (χ0v) is 22.9. The number of halogens is 3. The standard InChI is InChI=1S/C30H26ClF2N7O/c1-39-11-13-40(14-12-39)30(41)37-21-8-6-20(7-9-21)36-29-35-17-18-16-34-28(26-24(32)3-2-4-25(26)33)23-15-19(31)5-10-22(23)27(18)38-29/h2-10,15,17H,11-14,16H2,1H3,(H,37,41)(H,35,36,38). The summed E-state index contributed by atoms with van der Waals surface area (Å²) in [5.41, 5.74) is 3.75. The number of nitrogens with zero attached hydrogens (tertiary/aromatic N) is 5. The van der Waals surface area contributed by atoms with Gasteiger partial charge in [-0.2, -0.15) is 0 Å². The molecule has 2 amide bonds. The van der Waals surface area contributed by atoms with E-state index in [0.29, 0.717) is 52.1 Å². The second-order valence-electron chi connectivity index (χ2n) is 9.94. The van der Waals surface area contributed by atoms with Crippen molar-refractivity contribution in [2.24, 2.45) is 4.99 Å². The molecule has 1 fully saturated rings. The summed E-state index contributed by atoms with van der Waals surface area (Å²) in [6, 6.07) is 16.0. The summed E-state index contributed by atoms with van der Waals surface area (Å²) >= 11 is 6.30. The fourth-order valence-electron chi connectivity index (χ4n) is 4.90. The molecule has 8 nitrogen and oxygen atoms in total. The molecule has 11 heteroatoms. The molecule has 208 valence electrons. The quantitative estimate of drug-likeness (QED) is 0.315. The summed E-state index contributed by atoms with van der Waals surface area (Å²) in [5.74, 6) is -1.09. The van der Waals surface area contributed by atoms with Gasteiger partial charge in [0.2, 0.25) is 5.95 Å². The van der Waals surface area contributed by atoms with Crippen LogP contribution in [0.3, 0.4) is 0 Å². The molecule has 6 rings (SSSR count). The van der Waals surface area contributed by atoms with E-state index in [1.807, 2.05) is 19.2 Å².